The number of carbonyl (C=O) groups is 3. The topological polar surface area (TPSA) is 140 Å². The van der Waals surface area contributed by atoms with Gasteiger partial charge < -0.3 is 10.1 Å². The van der Waals surface area contributed by atoms with E-state index in [2.05, 4.69) is 15.8 Å². The van der Waals surface area contributed by atoms with E-state index in [9.17, 15) is 24.5 Å². The largest absolute Gasteiger partial charge is 0.422 e. The number of carbonyl (C=O) groups excluding carboxylic acids is 3. The number of hydrazone groups is 1. The molecule has 0 saturated heterocycles. The number of anilines is 1. The predicted molar refractivity (Wildman–Crippen MR) is 125 cm³/mol. The van der Waals surface area contributed by atoms with Crippen molar-refractivity contribution < 1.29 is 24.0 Å². The van der Waals surface area contributed by atoms with Crippen LogP contribution in [0.15, 0.2) is 71.8 Å². The van der Waals surface area contributed by atoms with E-state index in [1.807, 2.05) is 19.1 Å². The summed E-state index contributed by atoms with van der Waals surface area (Å²) >= 11 is 0. The maximum absolute atomic E-state index is 12.5. The van der Waals surface area contributed by atoms with E-state index >= 15 is 0 Å². The number of hydrogen-bond acceptors (Lipinski definition) is 7. The van der Waals surface area contributed by atoms with Crippen molar-refractivity contribution in [3.05, 3.63) is 99.1 Å². The maximum atomic E-state index is 12.5. The highest BCUT2D eigenvalue weighted by atomic mass is 16.6. The molecule has 3 rings (SSSR count). The van der Waals surface area contributed by atoms with Crippen LogP contribution in [0.1, 0.15) is 27.0 Å². The number of aryl methyl sites for hydroxylation is 2. The Morgan fingerprint density at radius 3 is 2.44 bits per heavy atom. The van der Waals surface area contributed by atoms with Crippen molar-refractivity contribution in [3.63, 3.8) is 0 Å². The Morgan fingerprint density at radius 1 is 0.971 bits per heavy atom. The van der Waals surface area contributed by atoms with Gasteiger partial charge in [-0.3, -0.25) is 19.7 Å². The molecule has 10 heteroatoms. The monoisotopic (exact) mass is 460 g/mol. The van der Waals surface area contributed by atoms with Crippen LogP contribution >= 0.6 is 0 Å². The normalized spacial score (nSPS) is 10.5. The van der Waals surface area contributed by atoms with E-state index in [4.69, 9.17) is 4.74 Å². The molecule has 0 radical (unpaired) electrons. The molecule has 34 heavy (non-hydrogen) atoms. The lowest BCUT2D eigenvalue weighted by molar-refractivity contribution is -0.385. The highest BCUT2D eigenvalue weighted by Gasteiger charge is 2.21. The van der Waals surface area contributed by atoms with Gasteiger partial charge in [0.05, 0.1) is 11.1 Å². The molecule has 0 aliphatic rings. The second-order valence-electron chi connectivity index (χ2n) is 7.17. The fourth-order valence-electron chi connectivity index (χ4n) is 2.90. The molecule has 2 amide bonds. The molecule has 0 heterocycles. The van der Waals surface area contributed by atoms with Crippen molar-refractivity contribution in [2.75, 3.05) is 5.32 Å². The Labute approximate surface area is 194 Å². The summed E-state index contributed by atoms with van der Waals surface area (Å²) in [6.45, 7) is 3.66. The van der Waals surface area contributed by atoms with E-state index in [-0.39, 0.29) is 17.0 Å². The van der Waals surface area contributed by atoms with E-state index in [0.29, 0.717) is 11.3 Å². The molecule has 3 aromatic rings. The predicted octanol–water partition coefficient (Wildman–Crippen LogP) is 3.52. The van der Waals surface area contributed by atoms with Gasteiger partial charge in [-0.25, -0.2) is 10.2 Å². The third kappa shape index (κ3) is 5.88. The van der Waals surface area contributed by atoms with Crippen LogP contribution in [0.5, 0.6) is 5.75 Å². The van der Waals surface area contributed by atoms with Crippen molar-refractivity contribution in [1.29, 1.82) is 0 Å². The zero-order chi connectivity index (χ0) is 24.7. The Hall–Kier alpha value is -4.86. The fraction of sp³-hybridized carbons (Fsp3) is 0.0833. The summed E-state index contributed by atoms with van der Waals surface area (Å²) in [5, 5.41) is 17.4. The number of hydrogen-bond donors (Lipinski definition) is 2. The van der Waals surface area contributed by atoms with Crippen LogP contribution in [0, 0.1) is 24.0 Å². The van der Waals surface area contributed by atoms with Crippen LogP contribution in [-0.2, 0) is 9.59 Å². The van der Waals surface area contributed by atoms with E-state index < -0.39 is 22.7 Å². The molecule has 10 nitrogen and oxygen atoms in total. The Balaban J connectivity index is 1.68. The lowest BCUT2D eigenvalue weighted by atomic mass is 10.1. The van der Waals surface area contributed by atoms with Crippen molar-refractivity contribution in [2.24, 2.45) is 5.10 Å². The van der Waals surface area contributed by atoms with Crippen LogP contribution in [0.2, 0.25) is 0 Å². The quantitative estimate of drug-likeness (QED) is 0.144. The van der Waals surface area contributed by atoms with Crippen molar-refractivity contribution in [3.8, 4) is 5.75 Å². The molecule has 2 N–H and O–H groups in total. The molecule has 0 aromatic heterocycles. The van der Waals surface area contributed by atoms with Crippen molar-refractivity contribution in [1.82, 2.24) is 5.43 Å². The first kappa shape index (κ1) is 23.8. The van der Waals surface area contributed by atoms with Gasteiger partial charge in [0.25, 0.3) is 5.69 Å². The summed E-state index contributed by atoms with van der Waals surface area (Å²) in [6, 6.07) is 17.1. The minimum Gasteiger partial charge on any atom is -0.422 e. The van der Waals surface area contributed by atoms with Gasteiger partial charge in [0.2, 0.25) is 0 Å². The summed E-state index contributed by atoms with van der Waals surface area (Å²) in [6.07, 6.45) is 1.19. The summed E-state index contributed by atoms with van der Waals surface area (Å²) in [4.78, 5) is 47.2. The van der Waals surface area contributed by atoms with E-state index in [1.165, 1.54) is 36.5 Å². The van der Waals surface area contributed by atoms with E-state index in [0.717, 1.165) is 11.1 Å². The van der Waals surface area contributed by atoms with Gasteiger partial charge in [0.1, 0.15) is 11.3 Å². The number of nitro groups is 1. The average Bonchev–Trinajstić information content (AvgIpc) is 2.82. The van der Waals surface area contributed by atoms with Gasteiger partial charge >= 0.3 is 17.8 Å². The summed E-state index contributed by atoms with van der Waals surface area (Å²) < 4.78 is 5.30. The van der Waals surface area contributed by atoms with Gasteiger partial charge in [-0.2, -0.15) is 5.10 Å². The summed E-state index contributed by atoms with van der Waals surface area (Å²) in [5.74, 6) is -2.76. The standard InChI is InChI=1S/C24H20N4O6/c1-15-11-12-16(2)19(13-15)26-22(29)23(30)27-25-14-17-7-3-6-10-21(17)34-24(31)18-8-4-5-9-20(18)28(32)33/h3-14H,1-2H3,(H,26,29)(H,27,30)/b25-14+. The third-order valence-electron chi connectivity index (χ3n) is 4.66. The number of benzene rings is 3. The molecule has 0 fully saturated rings. The number of amides is 2. The number of esters is 1. The summed E-state index contributed by atoms with van der Waals surface area (Å²) in [7, 11) is 0. The van der Waals surface area contributed by atoms with Crippen molar-refractivity contribution in [2.45, 2.75) is 13.8 Å². The zero-order valence-electron chi connectivity index (χ0n) is 18.3. The number of nitrogens with zero attached hydrogens (tertiary/aromatic N) is 2. The van der Waals surface area contributed by atoms with Crippen molar-refractivity contribution >= 4 is 35.4 Å². The molecule has 0 aliphatic carbocycles. The number of ether oxygens (including phenoxy) is 1. The van der Waals surface area contributed by atoms with Crippen LogP contribution in [0.4, 0.5) is 11.4 Å². The fourth-order valence-corrected chi connectivity index (χ4v) is 2.90. The van der Waals surface area contributed by atoms with Gasteiger partial charge in [-0.15, -0.1) is 0 Å². The van der Waals surface area contributed by atoms with E-state index in [1.54, 1.807) is 31.2 Å². The molecule has 3 aromatic carbocycles. The van der Waals surface area contributed by atoms with Crippen LogP contribution in [-0.4, -0.2) is 28.9 Å². The molecule has 0 unspecified atom stereocenters. The van der Waals surface area contributed by atoms with Gasteiger partial charge in [0, 0.05) is 17.3 Å². The maximum Gasteiger partial charge on any atom is 0.350 e. The lowest BCUT2D eigenvalue weighted by Gasteiger charge is -2.09. The average molecular weight is 460 g/mol. The zero-order valence-corrected chi connectivity index (χ0v) is 18.3. The van der Waals surface area contributed by atoms with Gasteiger partial charge in [-0.05, 0) is 49.2 Å². The smallest absolute Gasteiger partial charge is 0.350 e. The highest BCUT2D eigenvalue weighted by Crippen LogP contribution is 2.22. The molecule has 0 saturated carbocycles. The number of rotatable bonds is 6. The minimum absolute atomic E-state index is 0.0588. The third-order valence-corrected chi connectivity index (χ3v) is 4.66. The second kappa shape index (κ2) is 10.6. The first-order valence-corrected chi connectivity index (χ1v) is 10.0. The molecule has 0 spiro atoms. The SMILES string of the molecule is Cc1ccc(C)c(NC(=O)C(=O)N/N=C/c2ccccc2OC(=O)c2ccccc2[N+](=O)[O-])c1. The minimum atomic E-state index is -0.994. The lowest BCUT2D eigenvalue weighted by Crippen LogP contribution is -2.32. The summed E-state index contributed by atoms with van der Waals surface area (Å²) in [5.41, 5.74) is 4.03. The number of para-hydroxylation sites is 2. The Kier molecular flexibility index (Phi) is 7.45. The van der Waals surface area contributed by atoms with Gasteiger partial charge in [0.15, 0.2) is 0 Å². The molecule has 0 atom stereocenters. The molecule has 0 aliphatic heterocycles. The van der Waals surface area contributed by atoms with Crippen LogP contribution < -0.4 is 15.5 Å². The van der Waals surface area contributed by atoms with Gasteiger partial charge in [-0.1, -0.05) is 36.4 Å². The first-order chi connectivity index (χ1) is 16.3. The first-order valence-electron chi connectivity index (χ1n) is 10.0. The highest BCUT2D eigenvalue weighted by molar-refractivity contribution is 6.39. The molecular weight excluding hydrogens is 440 g/mol. The number of nitro benzene ring substituents is 1. The Morgan fingerprint density at radius 2 is 1.68 bits per heavy atom. The molecular formula is C24H20N4O6. The molecule has 0 bridgehead atoms. The second-order valence-corrected chi connectivity index (χ2v) is 7.17. The number of nitrogens with one attached hydrogen (secondary N) is 2. The molecule has 172 valence electrons. The van der Waals surface area contributed by atoms with Crippen LogP contribution in [0.3, 0.4) is 0 Å². The van der Waals surface area contributed by atoms with Crippen LogP contribution in [0.25, 0.3) is 0 Å². The Bertz CT molecular complexity index is 1300.